The molecule has 0 amide bonds. The molecule has 2 aliphatic heterocycles. The van der Waals surface area contributed by atoms with Crippen molar-refractivity contribution < 1.29 is 9.13 Å². The highest BCUT2D eigenvalue weighted by molar-refractivity contribution is 4.81. The SMILES string of the molecule is C[C@@H]1CCCO[C@@H]1CN1CC[C@H](C)[C@H](F)C1. The number of rotatable bonds is 2. The molecule has 0 N–H and O–H groups in total. The van der Waals surface area contributed by atoms with Crippen molar-refractivity contribution in [2.24, 2.45) is 11.8 Å². The van der Waals surface area contributed by atoms with Crippen molar-refractivity contribution in [1.82, 2.24) is 4.90 Å². The summed E-state index contributed by atoms with van der Waals surface area (Å²) in [6, 6.07) is 0. The number of alkyl halides is 1. The molecule has 4 atom stereocenters. The number of likely N-dealkylation sites (tertiary alicyclic amines) is 1. The predicted octanol–water partition coefficient (Wildman–Crippen LogP) is 2.48. The number of halogens is 1. The van der Waals surface area contributed by atoms with Gasteiger partial charge in [-0.1, -0.05) is 13.8 Å². The second kappa shape index (κ2) is 5.46. The molecule has 0 aromatic heterocycles. The lowest BCUT2D eigenvalue weighted by molar-refractivity contribution is -0.0484. The molecule has 0 radical (unpaired) electrons. The van der Waals surface area contributed by atoms with Gasteiger partial charge in [-0.05, 0) is 37.6 Å². The Morgan fingerprint density at radius 3 is 2.75 bits per heavy atom. The fourth-order valence-corrected chi connectivity index (χ4v) is 2.73. The lowest BCUT2D eigenvalue weighted by atomic mass is 9.93. The van der Waals surface area contributed by atoms with E-state index in [-0.39, 0.29) is 5.92 Å². The van der Waals surface area contributed by atoms with Crippen molar-refractivity contribution in [3.05, 3.63) is 0 Å². The van der Waals surface area contributed by atoms with E-state index in [0.717, 1.165) is 26.1 Å². The van der Waals surface area contributed by atoms with E-state index in [0.29, 0.717) is 18.6 Å². The summed E-state index contributed by atoms with van der Waals surface area (Å²) in [6.45, 7) is 7.72. The smallest absolute Gasteiger partial charge is 0.115 e. The van der Waals surface area contributed by atoms with Gasteiger partial charge in [0.15, 0.2) is 0 Å². The molecular weight excluding hydrogens is 205 g/mol. The Kier molecular flexibility index (Phi) is 4.20. The average Bonchev–Trinajstić information content (AvgIpc) is 2.27. The summed E-state index contributed by atoms with van der Waals surface area (Å²) in [6.07, 6.45) is 3.11. The van der Waals surface area contributed by atoms with Gasteiger partial charge in [0, 0.05) is 19.7 Å². The van der Waals surface area contributed by atoms with Crippen LogP contribution in [0.15, 0.2) is 0 Å². The molecule has 0 aromatic rings. The third-order valence-electron chi connectivity index (χ3n) is 4.16. The van der Waals surface area contributed by atoms with E-state index in [4.69, 9.17) is 4.74 Å². The van der Waals surface area contributed by atoms with Gasteiger partial charge in [-0.3, -0.25) is 4.90 Å². The molecule has 2 aliphatic rings. The van der Waals surface area contributed by atoms with E-state index in [9.17, 15) is 4.39 Å². The molecular formula is C13H24FNO. The van der Waals surface area contributed by atoms with Gasteiger partial charge in [0.05, 0.1) is 6.10 Å². The van der Waals surface area contributed by atoms with Crippen LogP contribution in [0.25, 0.3) is 0 Å². The second-order valence-electron chi connectivity index (χ2n) is 5.57. The van der Waals surface area contributed by atoms with Crippen molar-refractivity contribution in [1.29, 1.82) is 0 Å². The Labute approximate surface area is 98.1 Å². The molecule has 2 heterocycles. The molecule has 2 nitrogen and oxygen atoms in total. The molecule has 2 saturated heterocycles. The standard InChI is InChI=1S/C13H24FNO/c1-10-5-6-15(8-12(10)14)9-13-11(2)4-3-7-16-13/h10-13H,3-9H2,1-2H3/t10-,11+,12+,13+/m0/s1. The van der Waals surface area contributed by atoms with Crippen molar-refractivity contribution >= 4 is 0 Å². The maximum Gasteiger partial charge on any atom is 0.115 e. The summed E-state index contributed by atoms with van der Waals surface area (Å²) in [5, 5.41) is 0. The van der Waals surface area contributed by atoms with Crippen molar-refractivity contribution in [3.8, 4) is 0 Å². The van der Waals surface area contributed by atoms with Crippen LogP contribution in [-0.2, 0) is 4.74 Å². The topological polar surface area (TPSA) is 12.5 Å². The largest absolute Gasteiger partial charge is 0.377 e. The van der Waals surface area contributed by atoms with Gasteiger partial charge in [-0.25, -0.2) is 4.39 Å². The highest BCUT2D eigenvalue weighted by Gasteiger charge is 2.30. The third kappa shape index (κ3) is 2.95. The van der Waals surface area contributed by atoms with Crippen molar-refractivity contribution in [3.63, 3.8) is 0 Å². The highest BCUT2D eigenvalue weighted by Crippen LogP contribution is 2.24. The fraction of sp³-hybridized carbons (Fsp3) is 1.00. The summed E-state index contributed by atoms with van der Waals surface area (Å²) >= 11 is 0. The molecule has 0 unspecified atom stereocenters. The van der Waals surface area contributed by atoms with Gasteiger partial charge in [0.1, 0.15) is 6.17 Å². The molecule has 0 saturated carbocycles. The molecule has 2 rings (SSSR count). The first-order chi connectivity index (χ1) is 7.66. The van der Waals surface area contributed by atoms with E-state index >= 15 is 0 Å². The first-order valence-electron chi connectivity index (χ1n) is 6.65. The maximum atomic E-state index is 13.6. The molecule has 94 valence electrons. The van der Waals surface area contributed by atoms with Crippen LogP contribution in [0.2, 0.25) is 0 Å². The van der Waals surface area contributed by atoms with Crippen LogP contribution in [0.3, 0.4) is 0 Å². The van der Waals surface area contributed by atoms with Crippen LogP contribution < -0.4 is 0 Å². The Morgan fingerprint density at radius 2 is 2.06 bits per heavy atom. The molecule has 0 aliphatic carbocycles. The average molecular weight is 229 g/mol. The molecule has 0 bridgehead atoms. The van der Waals surface area contributed by atoms with E-state index in [1.807, 2.05) is 6.92 Å². The first-order valence-corrected chi connectivity index (χ1v) is 6.65. The minimum Gasteiger partial charge on any atom is -0.377 e. The minimum absolute atomic E-state index is 0.237. The first kappa shape index (κ1) is 12.3. The summed E-state index contributed by atoms with van der Waals surface area (Å²) in [5.74, 6) is 0.868. The zero-order valence-corrected chi connectivity index (χ0v) is 10.5. The quantitative estimate of drug-likeness (QED) is 0.721. The van der Waals surface area contributed by atoms with Crippen molar-refractivity contribution in [2.75, 3.05) is 26.2 Å². The van der Waals surface area contributed by atoms with Crippen LogP contribution in [-0.4, -0.2) is 43.4 Å². The Hall–Kier alpha value is -0.150. The Balaban J connectivity index is 1.80. The van der Waals surface area contributed by atoms with Gasteiger partial charge in [0.2, 0.25) is 0 Å². The number of hydrogen-bond donors (Lipinski definition) is 0. The molecule has 16 heavy (non-hydrogen) atoms. The summed E-state index contributed by atoms with van der Waals surface area (Å²) in [7, 11) is 0. The van der Waals surface area contributed by atoms with Crippen molar-refractivity contribution in [2.45, 2.75) is 45.4 Å². The summed E-state index contributed by atoms with van der Waals surface area (Å²) in [4.78, 5) is 2.25. The second-order valence-corrected chi connectivity index (χ2v) is 5.57. The van der Waals surface area contributed by atoms with E-state index in [2.05, 4.69) is 11.8 Å². The lowest BCUT2D eigenvalue weighted by Gasteiger charge is -2.38. The highest BCUT2D eigenvalue weighted by atomic mass is 19.1. The van der Waals surface area contributed by atoms with Crippen LogP contribution >= 0.6 is 0 Å². The molecule has 2 fully saturated rings. The molecule has 0 aromatic carbocycles. The van der Waals surface area contributed by atoms with Gasteiger partial charge < -0.3 is 4.74 Å². The lowest BCUT2D eigenvalue weighted by Crippen LogP contribution is -2.46. The van der Waals surface area contributed by atoms with Crippen LogP contribution in [0, 0.1) is 11.8 Å². The Morgan fingerprint density at radius 1 is 1.25 bits per heavy atom. The number of ether oxygens (including phenoxy) is 1. The van der Waals surface area contributed by atoms with E-state index in [1.54, 1.807) is 0 Å². The van der Waals surface area contributed by atoms with E-state index < -0.39 is 6.17 Å². The number of piperidine rings is 1. The maximum absolute atomic E-state index is 13.6. The van der Waals surface area contributed by atoms with Gasteiger partial charge in [-0.15, -0.1) is 0 Å². The normalized spacial score (nSPS) is 42.2. The third-order valence-corrected chi connectivity index (χ3v) is 4.16. The van der Waals surface area contributed by atoms with Gasteiger partial charge >= 0.3 is 0 Å². The van der Waals surface area contributed by atoms with Crippen LogP contribution in [0.5, 0.6) is 0 Å². The fourth-order valence-electron chi connectivity index (χ4n) is 2.73. The van der Waals surface area contributed by atoms with Crippen LogP contribution in [0.1, 0.15) is 33.1 Å². The number of nitrogens with zero attached hydrogens (tertiary/aromatic N) is 1. The Bertz CT molecular complexity index is 224. The van der Waals surface area contributed by atoms with Gasteiger partial charge in [-0.2, -0.15) is 0 Å². The summed E-state index contributed by atoms with van der Waals surface area (Å²) < 4.78 is 19.4. The van der Waals surface area contributed by atoms with E-state index in [1.165, 1.54) is 12.8 Å². The molecule has 0 spiro atoms. The monoisotopic (exact) mass is 229 g/mol. The van der Waals surface area contributed by atoms with Crippen LogP contribution in [0.4, 0.5) is 4.39 Å². The van der Waals surface area contributed by atoms with Gasteiger partial charge in [0.25, 0.3) is 0 Å². The zero-order valence-electron chi connectivity index (χ0n) is 10.5. The number of hydrogen-bond acceptors (Lipinski definition) is 2. The summed E-state index contributed by atoms with van der Waals surface area (Å²) in [5.41, 5.74) is 0. The predicted molar refractivity (Wildman–Crippen MR) is 63.3 cm³/mol. The molecule has 3 heteroatoms. The minimum atomic E-state index is -0.646. The zero-order chi connectivity index (χ0) is 11.5.